The highest BCUT2D eigenvalue weighted by Gasteiger charge is 2.15. The average molecular weight is 424 g/mol. The molecule has 2 aromatic heterocycles. The Balaban J connectivity index is 1.40. The molecule has 1 N–H and O–H groups in total. The lowest BCUT2D eigenvalue weighted by atomic mass is 10.2. The van der Waals surface area contributed by atoms with Crippen LogP contribution in [0.5, 0.6) is 0 Å². The van der Waals surface area contributed by atoms with Gasteiger partial charge in [-0.3, -0.25) is 4.79 Å². The third-order valence-electron chi connectivity index (χ3n) is 4.01. The topological polar surface area (TPSA) is 98.5 Å². The first kappa shape index (κ1) is 19.2. The number of anilines is 1. The number of benzene rings is 2. The number of aromatic nitrogens is 6. The molecule has 0 aliphatic rings. The maximum atomic E-state index is 12.4. The van der Waals surface area contributed by atoms with Crippen molar-refractivity contribution in [2.45, 2.75) is 24.8 Å². The number of carbonyl (C=O) groups is 1. The molecular formula is C19H17N7OS2. The zero-order chi connectivity index (χ0) is 20.2. The fourth-order valence-corrected chi connectivity index (χ4v) is 4.08. The van der Waals surface area contributed by atoms with Crippen LogP contribution in [0, 0.1) is 13.8 Å². The van der Waals surface area contributed by atoms with Crippen LogP contribution in [0.1, 0.15) is 25.9 Å². The van der Waals surface area contributed by atoms with Crippen molar-refractivity contribution in [3.05, 3.63) is 69.7 Å². The monoisotopic (exact) mass is 423 g/mol. The second-order valence-electron chi connectivity index (χ2n) is 6.32. The summed E-state index contributed by atoms with van der Waals surface area (Å²) in [6, 6.07) is 15.5. The van der Waals surface area contributed by atoms with Crippen LogP contribution in [0.2, 0.25) is 0 Å². The summed E-state index contributed by atoms with van der Waals surface area (Å²) in [4.78, 5) is 12.4. The predicted molar refractivity (Wildman–Crippen MR) is 112 cm³/mol. The van der Waals surface area contributed by atoms with Crippen LogP contribution in [-0.4, -0.2) is 36.3 Å². The standard InChI is InChI=1S/C19H17N7OS2/c1-12-3-7-14(8-4-12)20-17(27)18-22-21-16(29-18)11-28-19-23-24-25-26(19)15-9-5-13(2)6-10-15/h3-10H,11H2,1-2H3,(H,20,27). The molecule has 0 saturated heterocycles. The minimum atomic E-state index is -0.271. The summed E-state index contributed by atoms with van der Waals surface area (Å²) < 4.78 is 1.68. The van der Waals surface area contributed by atoms with E-state index in [0.29, 0.717) is 15.9 Å². The number of tetrazole rings is 1. The summed E-state index contributed by atoms with van der Waals surface area (Å²) in [6.45, 7) is 4.02. The Morgan fingerprint density at radius 2 is 1.69 bits per heavy atom. The van der Waals surface area contributed by atoms with Crippen LogP contribution in [-0.2, 0) is 5.75 Å². The van der Waals surface area contributed by atoms with E-state index in [1.54, 1.807) is 4.68 Å². The van der Waals surface area contributed by atoms with Gasteiger partial charge in [-0.2, -0.15) is 4.68 Å². The highest BCUT2D eigenvalue weighted by Crippen LogP contribution is 2.24. The normalized spacial score (nSPS) is 10.8. The van der Waals surface area contributed by atoms with Gasteiger partial charge in [0, 0.05) is 5.69 Å². The minimum Gasteiger partial charge on any atom is -0.320 e. The fraction of sp³-hybridized carbons (Fsp3) is 0.158. The molecule has 29 heavy (non-hydrogen) atoms. The van der Waals surface area contributed by atoms with Gasteiger partial charge in [-0.05, 0) is 48.5 Å². The molecule has 0 aliphatic carbocycles. The van der Waals surface area contributed by atoms with Gasteiger partial charge in [0.2, 0.25) is 10.2 Å². The van der Waals surface area contributed by atoms with Crippen LogP contribution >= 0.6 is 23.1 Å². The van der Waals surface area contributed by atoms with Crippen LogP contribution in [0.15, 0.2) is 53.7 Å². The number of hydrogen-bond acceptors (Lipinski definition) is 8. The number of nitrogens with zero attached hydrogens (tertiary/aromatic N) is 6. The van der Waals surface area contributed by atoms with Crippen molar-refractivity contribution in [2.75, 3.05) is 5.32 Å². The van der Waals surface area contributed by atoms with Crippen LogP contribution in [0.4, 0.5) is 5.69 Å². The Bertz CT molecular complexity index is 1120. The molecule has 0 radical (unpaired) electrons. The van der Waals surface area contributed by atoms with Crippen molar-refractivity contribution in [3.63, 3.8) is 0 Å². The second kappa shape index (κ2) is 8.50. The van der Waals surface area contributed by atoms with Crippen LogP contribution < -0.4 is 5.32 Å². The Morgan fingerprint density at radius 1 is 1.00 bits per heavy atom. The van der Waals surface area contributed by atoms with Crippen molar-refractivity contribution >= 4 is 34.7 Å². The number of rotatable bonds is 6. The summed E-state index contributed by atoms with van der Waals surface area (Å²) in [7, 11) is 0. The highest BCUT2D eigenvalue weighted by atomic mass is 32.2. The first-order chi connectivity index (χ1) is 14.1. The zero-order valence-electron chi connectivity index (χ0n) is 15.7. The molecule has 0 bridgehead atoms. The molecule has 2 heterocycles. The van der Waals surface area contributed by atoms with E-state index < -0.39 is 0 Å². The van der Waals surface area contributed by atoms with Gasteiger partial charge < -0.3 is 5.32 Å². The van der Waals surface area contributed by atoms with Gasteiger partial charge in [0.25, 0.3) is 5.91 Å². The number of nitrogens with one attached hydrogen (secondary N) is 1. The van der Waals surface area contributed by atoms with Crippen molar-refractivity contribution in [2.24, 2.45) is 0 Å². The Hall–Kier alpha value is -3.11. The molecule has 4 rings (SSSR count). The van der Waals surface area contributed by atoms with E-state index >= 15 is 0 Å². The average Bonchev–Trinajstić information content (AvgIpc) is 3.38. The number of hydrogen-bond donors (Lipinski definition) is 1. The number of carbonyl (C=O) groups excluding carboxylic acids is 1. The second-order valence-corrected chi connectivity index (χ2v) is 8.32. The van der Waals surface area contributed by atoms with Crippen molar-refractivity contribution in [3.8, 4) is 5.69 Å². The summed E-state index contributed by atoms with van der Waals surface area (Å²) in [5.41, 5.74) is 3.91. The zero-order valence-corrected chi connectivity index (χ0v) is 17.4. The lowest BCUT2D eigenvalue weighted by molar-refractivity contribution is 0.102. The molecule has 8 nitrogen and oxygen atoms in total. The molecule has 0 unspecified atom stereocenters. The van der Waals surface area contributed by atoms with Crippen molar-refractivity contribution < 1.29 is 4.79 Å². The smallest absolute Gasteiger partial charge is 0.286 e. The van der Waals surface area contributed by atoms with Gasteiger partial charge in [-0.25, -0.2) is 0 Å². The fourth-order valence-electron chi connectivity index (χ4n) is 2.47. The molecular weight excluding hydrogens is 406 g/mol. The van der Waals surface area contributed by atoms with Gasteiger partial charge in [0.15, 0.2) is 0 Å². The van der Waals surface area contributed by atoms with Crippen LogP contribution in [0.3, 0.4) is 0 Å². The molecule has 0 saturated carbocycles. The number of thioether (sulfide) groups is 1. The summed E-state index contributed by atoms with van der Waals surface area (Å²) in [5.74, 6) is 0.244. The van der Waals surface area contributed by atoms with Crippen molar-refractivity contribution in [1.29, 1.82) is 0 Å². The first-order valence-electron chi connectivity index (χ1n) is 8.77. The lowest BCUT2D eigenvalue weighted by Crippen LogP contribution is -2.11. The number of aryl methyl sites for hydroxylation is 2. The third kappa shape index (κ3) is 4.66. The quantitative estimate of drug-likeness (QED) is 0.472. The molecule has 0 spiro atoms. The molecule has 4 aromatic rings. The summed E-state index contributed by atoms with van der Waals surface area (Å²) in [5, 5.41) is 24.5. The minimum absolute atomic E-state index is 0.271. The molecule has 0 fully saturated rings. The molecule has 2 aromatic carbocycles. The van der Waals surface area contributed by atoms with Gasteiger partial charge in [0.05, 0.1) is 11.4 Å². The molecule has 10 heteroatoms. The van der Waals surface area contributed by atoms with E-state index in [9.17, 15) is 4.79 Å². The van der Waals surface area contributed by atoms with E-state index in [0.717, 1.165) is 21.9 Å². The van der Waals surface area contributed by atoms with E-state index in [1.807, 2.05) is 62.4 Å². The Labute approximate surface area is 175 Å². The highest BCUT2D eigenvalue weighted by molar-refractivity contribution is 7.98. The molecule has 146 valence electrons. The maximum Gasteiger partial charge on any atom is 0.286 e. The molecule has 1 amide bonds. The van der Waals surface area contributed by atoms with E-state index in [4.69, 9.17) is 0 Å². The largest absolute Gasteiger partial charge is 0.320 e. The van der Waals surface area contributed by atoms with Crippen molar-refractivity contribution in [1.82, 2.24) is 30.4 Å². The summed E-state index contributed by atoms with van der Waals surface area (Å²) in [6.07, 6.45) is 0. The SMILES string of the molecule is Cc1ccc(NC(=O)c2nnc(CSc3nnnn3-c3ccc(C)cc3)s2)cc1. The van der Waals surface area contributed by atoms with E-state index in [1.165, 1.54) is 28.7 Å². The number of amides is 1. The van der Waals surface area contributed by atoms with Gasteiger partial charge in [-0.1, -0.05) is 58.5 Å². The van der Waals surface area contributed by atoms with Gasteiger partial charge in [0.1, 0.15) is 5.01 Å². The Kier molecular flexibility index (Phi) is 5.63. The maximum absolute atomic E-state index is 12.4. The molecule has 0 atom stereocenters. The third-order valence-corrected chi connectivity index (χ3v) is 6.05. The van der Waals surface area contributed by atoms with E-state index in [2.05, 4.69) is 31.0 Å². The Morgan fingerprint density at radius 3 is 2.41 bits per heavy atom. The van der Waals surface area contributed by atoms with Gasteiger partial charge >= 0.3 is 0 Å². The van der Waals surface area contributed by atoms with E-state index in [-0.39, 0.29) is 5.91 Å². The van der Waals surface area contributed by atoms with Gasteiger partial charge in [-0.15, -0.1) is 15.3 Å². The lowest BCUT2D eigenvalue weighted by Gasteiger charge is -2.03. The first-order valence-corrected chi connectivity index (χ1v) is 10.6. The van der Waals surface area contributed by atoms with Crippen LogP contribution in [0.25, 0.3) is 5.69 Å². The molecule has 0 aliphatic heterocycles. The predicted octanol–water partition coefficient (Wildman–Crippen LogP) is 3.68. The summed E-state index contributed by atoms with van der Waals surface area (Å²) >= 11 is 2.70.